The Hall–Kier alpha value is -2.96. The predicted octanol–water partition coefficient (Wildman–Crippen LogP) is 3.54. The van der Waals surface area contributed by atoms with Crippen LogP contribution in [0.4, 0.5) is 0 Å². The summed E-state index contributed by atoms with van der Waals surface area (Å²) in [7, 11) is 0. The molecule has 1 amide bonds. The molecule has 0 radical (unpaired) electrons. The van der Waals surface area contributed by atoms with Crippen LogP contribution in [-0.4, -0.2) is 33.2 Å². The molecule has 0 aliphatic carbocycles. The first-order chi connectivity index (χ1) is 15.4. The summed E-state index contributed by atoms with van der Waals surface area (Å²) < 4.78 is 1.38. The lowest BCUT2D eigenvalue weighted by molar-refractivity contribution is -0.122. The normalized spacial score (nSPS) is 11.9. The quantitative estimate of drug-likeness (QED) is 0.519. The molecule has 0 spiro atoms. The van der Waals surface area contributed by atoms with Gasteiger partial charge in [0.2, 0.25) is 5.91 Å². The van der Waals surface area contributed by atoms with Crippen molar-refractivity contribution >= 4 is 17.5 Å². The summed E-state index contributed by atoms with van der Waals surface area (Å²) in [5.41, 5.74) is 2.54. The molecule has 3 rings (SSSR count). The van der Waals surface area contributed by atoms with Crippen molar-refractivity contribution < 1.29 is 9.90 Å². The lowest BCUT2D eigenvalue weighted by atomic mass is 10.1. The van der Waals surface area contributed by atoms with E-state index in [9.17, 15) is 14.7 Å². The van der Waals surface area contributed by atoms with E-state index in [0.717, 1.165) is 12.8 Å². The third kappa shape index (κ3) is 6.05. The fourth-order valence-electron chi connectivity index (χ4n) is 3.63. The van der Waals surface area contributed by atoms with E-state index in [4.69, 9.17) is 11.6 Å². The van der Waals surface area contributed by atoms with Crippen LogP contribution in [0.15, 0.2) is 59.4 Å². The first-order valence-electron chi connectivity index (χ1n) is 10.7. The third-order valence-electron chi connectivity index (χ3n) is 5.35. The van der Waals surface area contributed by atoms with Gasteiger partial charge in [-0.15, -0.1) is 0 Å². The van der Waals surface area contributed by atoms with Gasteiger partial charge >= 0.3 is 0 Å². The van der Waals surface area contributed by atoms with Crippen molar-refractivity contribution in [3.63, 3.8) is 0 Å². The number of aliphatic hydroxyl groups excluding tert-OH is 1. The number of hydrogen-bond donors (Lipinski definition) is 2. The Bertz CT molecular complexity index is 1110. The predicted molar refractivity (Wildman–Crippen MR) is 127 cm³/mol. The second kappa shape index (κ2) is 11.1. The van der Waals surface area contributed by atoms with Crippen LogP contribution >= 0.6 is 11.6 Å². The fraction of sp³-hybridized carbons (Fsp3) is 0.320. The van der Waals surface area contributed by atoms with Gasteiger partial charge in [-0.2, -0.15) is 0 Å². The highest BCUT2D eigenvalue weighted by Gasteiger charge is 2.18. The Morgan fingerprint density at radius 1 is 1.12 bits per heavy atom. The number of aryl methyl sites for hydroxylation is 2. The Labute approximate surface area is 192 Å². The number of halogens is 1. The lowest BCUT2D eigenvalue weighted by Crippen LogP contribution is -2.39. The molecule has 1 aromatic heterocycles. The zero-order valence-electron chi connectivity index (χ0n) is 18.3. The first kappa shape index (κ1) is 23.7. The summed E-state index contributed by atoms with van der Waals surface area (Å²) in [6.45, 7) is 3.37. The number of hydrogen-bond acceptors (Lipinski definition) is 4. The minimum absolute atomic E-state index is 0.0484. The molecule has 0 aliphatic rings. The first-order valence-corrected chi connectivity index (χ1v) is 11.1. The van der Waals surface area contributed by atoms with Crippen LogP contribution in [0.2, 0.25) is 5.02 Å². The molecule has 0 saturated heterocycles. The van der Waals surface area contributed by atoms with E-state index in [-0.39, 0.29) is 37.1 Å². The second-order valence-electron chi connectivity index (χ2n) is 7.86. The third-order valence-corrected chi connectivity index (χ3v) is 5.60. The van der Waals surface area contributed by atoms with Crippen LogP contribution in [-0.2, 0) is 24.2 Å². The average molecular weight is 454 g/mol. The van der Waals surface area contributed by atoms with Crippen LogP contribution in [0, 0.1) is 6.92 Å². The maximum absolute atomic E-state index is 13.2. The Balaban J connectivity index is 1.81. The summed E-state index contributed by atoms with van der Waals surface area (Å²) in [5.74, 6) is 0.140. The lowest BCUT2D eigenvalue weighted by Gasteiger charge is -2.18. The van der Waals surface area contributed by atoms with Gasteiger partial charge in [-0.1, -0.05) is 41.9 Å². The van der Waals surface area contributed by atoms with Crippen molar-refractivity contribution in [1.82, 2.24) is 14.9 Å². The van der Waals surface area contributed by atoms with E-state index in [1.807, 2.05) is 25.1 Å². The van der Waals surface area contributed by atoms with Crippen LogP contribution in [0.5, 0.6) is 0 Å². The SMILES string of the molecule is Cc1nc(-c2ccc(Cl)cc2)n(CC(=O)N[C@H](C)CCc2ccccc2)c(=O)c1CCO. The minimum Gasteiger partial charge on any atom is -0.396 e. The van der Waals surface area contributed by atoms with Crippen LogP contribution < -0.4 is 10.9 Å². The maximum Gasteiger partial charge on any atom is 0.257 e. The number of aliphatic hydroxyl groups is 1. The minimum atomic E-state index is -0.316. The van der Waals surface area contributed by atoms with Gasteiger partial charge in [-0.05, 0) is 56.5 Å². The molecule has 2 N–H and O–H groups in total. The largest absolute Gasteiger partial charge is 0.396 e. The van der Waals surface area contributed by atoms with Crippen molar-refractivity contribution in [2.45, 2.75) is 45.7 Å². The van der Waals surface area contributed by atoms with E-state index in [2.05, 4.69) is 22.4 Å². The highest BCUT2D eigenvalue weighted by atomic mass is 35.5. The summed E-state index contributed by atoms with van der Waals surface area (Å²) in [4.78, 5) is 30.6. The molecule has 2 aromatic carbocycles. The van der Waals surface area contributed by atoms with E-state index in [1.54, 1.807) is 31.2 Å². The van der Waals surface area contributed by atoms with E-state index >= 15 is 0 Å². The van der Waals surface area contributed by atoms with Gasteiger partial charge in [-0.25, -0.2) is 4.98 Å². The monoisotopic (exact) mass is 453 g/mol. The molecule has 7 heteroatoms. The van der Waals surface area contributed by atoms with Crippen LogP contribution in [0.25, 0.3) is 11.4 Å². The molecule has 0 unspecified atom stereocenters. The number of carbonyl (C=O) groups excluding carboxylic acids is 1. The van der Waals surface area contributed by atoms with E-state index < -0.39 is 0 Å². The summed E-state index contributed by atoms with van der Waals surface area (Å²) in [6.07, 6.45) is 1.83. The second-order valence-corrected chi connectivity index (χ2v) is 8.30. The smallest absolute Gasteiger partial charge is 0.257 e. The van der Waals surface area contributed by atoms with Crippen molar-refractivity contribution in [3.8, 4) is 11.4 Å². The number of nitrogens with one attached hydrogen (secondary N) is 1. The van der Waals surface area contributed by atoms with Gasteiger partial charge in [0.05, 0.1) is 0 Å². The van der Waals surface area contributed by atoms with E-state index in [1.165, 1.54) is 10.1 Å². The van der Waals surface area contributed by atoms with Gasteiger partial charge in [0.1, 0.15) is 12.4 Å². The van der Waals surface area contributed by atoms with Crippen molar-refractivity contribution in [2.24, 2.45) is 0 Å². The van der Waals surface area contributed by atoms with Crippen LogP contribution in [0.3, 0.4) is 0 Å². The Morgan fingerprint density at radius 2 is 1.81 bits per heavy atom. The van der Waals surface area contributed by atoms with Crippen molar-refractivity contribution in [2.75, 3.05) is 6.61 Å². The van der Waals surface area contributed by atoms with Gasteiger partial charge in [0.15, 0.2) is 0 Å². The molecule has 0 aliphatic heterocycles. The average Bonchev–Trinajstić information content (AvgIpc) is 2.78. The number of benzene rings is 2. The van der Waals surface area contributed by atoms with Gasteiger partial charge in [0, 0.05) is 40.9 Å². The molecule has 168 valence electrons. The highest BCUT2D eigenvalue weighted by Crippen LogP contribution is 2.20. The van der Waals surface area contributed by atoms with Crippen LogP contribution in [0.1, 0.15) is 30.2 Å². The number of carbonyl (C=O) groups is 1. The van der Waals surface area contributed by atoms with Gasteiger partial charge < -0.3 is 10.4 Å². The zero-order chi connectivity index (χ0) is 23.1. The Morgan fingerprint density at radius 3 is 2.47 bits per heavy atom. The molecular formula is C25H28ClN3O3. The van der Waals surface area contributed by atoms with Gasteiger partial charge in [-0.3, -0.25) is 14.2 Å². The molecule has 0 bridgehead atoms. The molecule has 3 aromatic rings. The number of aromatic nitrogens is 2. The zero-order valence-corrected chi connectivity index (χ0v) is 19.1. The molecule has 0 saturated carbocycles. The van der Waals surface area contributed by atoms with E-state index in [0.29, 0.717) is 27.7 Å². The number of amides is 1. The van der Waals surface area contributed by atoms with Crippen molar-refractivity contribution in [1.29, 1.82) is 0 Å². The van der Waals surface area contributed by atoms with Crippen molar-refractivity contribution in [3.05, 3.63) is 86.8 Å². The molecule has 1 atom stereocenters. The fourth-order valence-corrected chi connectivity index (χ4v) is 3.76. The number of rotatable bonds is 9. The molecule has 32 heavy (non-hydrogen) atoms. The topological polar surface area (TPSA) is 84.2 Å². The summed E-state index contributed by atoms with van der Waals surface area (Å²) in [5, 5.41) is 12.9. The molecule has 0 fully saturated rings. The number of nitrogens with zero attached hydrogens (tertiary/aromatic N) is 2. The molecule has 6 nitrogen and oxygen atoms in total. The summed E-state index contributed by atoms with van der Waals surface area (Å²) >= 11 is 6.00. The standard InChI is InChI=1S/C25H28ClN3O3/c1-17(8-9-19-6-4-3-5-7-19)27-23(31)16-29-24(20-10-12-21(26)13-11-20)28-18(2)22(14-15-30)25(29)32/h3-7,10-13,17,30H,8-9,14-16H2,1-2H3,(H,27,31)/t17-/m1/s1. The Kier molecular flexibility index (Phi) is 8.20. The maximum atomic E-state index is 13.2. The van der Waals surface area contributed by atoms with Gasteiger partial charge in [0.25, 0.3) is 5.56 Å². The summed E-state index contributed by atoms with van der Waals surface area (Å²) in [6, 6.07) is 17.0. The molecule has 1 heterocycles. The highest BCUT2D eigenvalue weighted by molar-refractivity contribution is 6.30. The molecular weight excluding hydrogens is 426 g/mol.